The lowest BCUT2D eigenvalue weighted by atomic mass is 10.1. The van der Waals surface area contributed by atoms with Gasteiger partial charge in [0.2, 0.25) is 0 Å². The summed E-state index contributed by atoms with van der Waals surface area (Å²) in [6, 6.07) is 9.89. The highest BCUT2D eigenvalue weighted by molar-refractivity contribution is 14.0. The van der Waals surface area contributed by atoms with Crippen LogP contribution in [-0.2, 0) is 19.5 Å². The van der Waals surface area contributed by atoms with E-state index < -0.39 is 0 Å². The van der Waals surface area contributed by atoms with Crippen molar-refractivity contribution in [3.8, 4) is 0 Å². The summed E-state index contributed by atoms with van der Waals surface area (Å²) in [5.74, 6) is 0.262. The third kappa shape index (κ3) is 7.17. The van der Waals surface area contributed by atoms with Crippen LogP contribution in [0.1, 0.15) is 23.6 Å². The van der Waals surface area contributed by atoms with Crippen LogP contribution in [0.25, 0.3) is 10.9 Å². The van der Waals surface area contributed by atoms with Crippen molar-refractivity contribution in [2.75, 3.05) is 27.2 Å². The summed E-state index contributed by atoms with van der Waals surface area (Å²) >= 11 is 0. The molecule has 0 amide bonds. The normalized spacial score (nSPS) is 11.6. The van der Waals surface area contributed by atoms with E-state index in [0.29, 0.717) is 31.2 Å². The Bertz CT molecular complexity index is 1020. The number of nitrogens with zero attached hydrogens (tertiary/aromatic N) is 2. The van der Waals surface area contributed by atoms with Crippen LogP contribution >= 0.6 is 24.0 Å². The van der Waals surface area contributed by atoms with Gasteiger partial charge < -0.3 is 20.5 Å². The molecule has 0 aliphatic carbocycles. The van der Waals surface area contributed by atoms with Gasteiger partial charge in [0.1, 0.15) is 11.6 Å². The van der Waals surface area contributed by atoms with Gasteiger partial charge in [-0.05, 0) is 68.9 Å². The molecule has 0 spiro atoms. The van der Waals surface area contributed by atoms with Crippen molar-refractivity contribution in [3.63, 3.8) is 0 Å². The van der Waals surface area contributed by atoms with Gasteiger partial charge >= 0.3 is 0 Å². The number of rotatable bonds is 8. The number of aliphatic imine (C=N–C) groups is 1. The Balaban J connectivity index is 0.00000341. The number of aromatic nitrogens is 1. The third-order valence-corrected chi connectivity index (χ3v) is 4.78. The molecule has 1 aromatic heterocycles. The molecule has 1 heterocycles. The Morgan fingerprint density at radius 2 is 1.87 bits per heavy atom. The lowest BCUT2D eigenvalue weighted by molar-refractivity contribution is 0.392. The zero-order chi connectivity index (χ0) is 21.5. The number of hydrogen-bond acceptors (Lipinski definition) is 2. The van der Waals surface area contributed by atoms with Crippen molar-refractivity contribution < 1.29 is 8.78 Å². The van der Waals surface area contributed by atoms with Crippen LogP contribution in [0.5, 0.6) is 0 Å². The minimum atomic E-state index is -0.237. The fourth-order valence-corrected chi connectivity index (χ4v) is 3.37. The van der Waals surface area contributed by atoms with Crippen molar-refractivity contribution in [2.24, 2.45) is 4.99 Å². The Labute approximate surface area is 199 Å². The standard InChI is InChI=1S/C23H29F2N5.HI/c1-4-26-23(29-13-16-5-7-21(25)18(11-16)15-30(2)3)27-10-9-17-14-28-22-8-6-19(24)12-20(17)22;/h5-8,11-12,14,28H,4,9-10,13,15H2,1-3H3,(H2,26,27,29);1H. The quantitative estimate of drug-likeness (QED) is 0.225. The maximum absolute atomic E-state index is 14.0. The largest absolute Gasteiger partial charge is 0.361 e. The van der Waals surface area contributed by atoms with E-state index in [-0.39, 0.29) is 35.6 Å². The maximum atomic E-state index is 14.0. The SMILES string of the molecule is CCNC(=NCc1ccc(F)c(CN(C)C)c1)NCCc1c[nH]c2ccc(F)cc12.I. The predicted octanol–water partition coefficient (Wildman–Crippen LogP) is 4.42. The van der Waals surface area contributed by atoms with Crippen LogP contribution in [0.3, 0.4) is 0 Å². The molecule has 0 unspecified atom stereocenters. The summed E-state index contributed by atoms with van der Waals surface area (Å²) in [5.41, 5.74) is 3.60. The average molecular weight is 541 g/mol. The molecule has 0 radical (unpaired) electrons. The molecule has 0 saturated carbocycles. The van der Waals surface area contributed by atoms with Crippen molar-refractivity contribution in [1.29, 1.82) is 0 Å². The maximum Gasteiger partial charge on any atom is 0.191 e. The number of hydrogen-bond donors (Lipinski definition) is 3. The Hall–Kier alpha value is -2.20. The number of fused-ring (bicyclic) bond motifs is 1. The molecule has 0 aliphatic rings. The molecule has 3 aromatic rings. The molecule has 8 heteroatoms. The summed E-state index contributed by atoms with van der Waals surface area (Å²) in [6.45, 7) is 4.40. The fourth-order valence-electron chi connectivity index (χ4n) is 3.37. The summed E-state index contributed by atoms with van der Waals surface area (Å²) in [5, 5.41) is 7.44. The van der Waals surface area contributed by atoms with E-state index in [4.69, 9.17) is 0 Å². The van der Waals surface area contributed by atoms with E-state index in [1.165, 1.54) is 12.1 Å². The van der Waals surface area contributed by atoms with Crippen LogP contribution in [0.15, 0.2) is 47.6 Å². The van der Waals surface area contributed by atoms with E-state index in [0.717, 1.165) is 35.0 Å². The average Bonchev–Trinajstić information content (AvgIpc) is 3.10. The summed E-state index contributed by atoms with van der Waals surface area (Å²) in [7, 11) is 3.83. The number of aromatic amines is 1. The minimum Gasteiger partial charge on any atom is -0.361 e. The second-order valence-corrected chi connectivity index (χ2v) is 7.54. The molecule has 0 aliphatic heterocycles. The van der Waals surface area contributed by atoms with Gasteiger partial charge in [0.15, 0.2) is 5.96 Å². The molecule has 0 fully saturated rings. The molecule has 0 saturated heterocycles. The zero-order valence-electron chi connectivity index (χ0n) is 18.1. The van der Waals surface area contributed by atoms with Gasteiger partial charge in [-0.25, -0.2) is 13.8 Å². The van der Waals surface area contributed by atoms with Gasteiger partial charge in [-0.3, -0.25) is 0 Å². The number of benzene rings is 2. The van der Waals surface area contributed by atoms with E-state index in [9.17, 15) is 8.78 Å². The van der Waals surface area contributed by atoms with Crippen LogP contribution in [0.2, 0.25) is 0 Å². The fraction of sp³-hybridized carbons (Fsp3) is 0.348. The van der Waals surface area contributed by atoms with E-state index >= 15 is 0 Å². The lowest BCUT2D eigenvalue weighted by Gasteiger charge is -2.13. The number of guanidine groups is 1. The van der Waals surface area contributed by atoms with Gasteiger partial charge in [-0.2, -0.15) is 0 Å². The predicted molar refractivity (Wildman–Crippen MR) is 134 cm³/mol. The Morgan fingerprint density at radius 3 is 2.61 bits per heavy atom. The number of H-pyrrole nitrogens is 1. The lowest BCUT2D eigenvalue weighted by Crippen LogP contribution is -2.38. The molecule has 31 heavy (non-hydrogen) atoms. The van der Waals surface area contributed by atoms with Crippen molar-refractivity contribution >= 4 is 40.8 Å². The van der Waals surface area contributed by atoms with Crippen molar-refractivity contribution in [2.45, 2.75) is 26.4 Å². The number of halogens is 3. The van der Waals surface area contributed by atoms with E-state index in [1.54, 1.807) is 18.2 Å². The number of nitrogens with one attached hydrogen (secondary N) is 3. The van der Waals surface area contributed by atoms with Gasteiger partial charge in [0.25, 0.3) is 0 Å². The first-order valence-electron chi connectivity index (χ1n) is 10.2. The highest BCUT2D eigenvalue weighted by Crippen LogP contribution is 2.19. The van der Waals surface area contributed by atoms with E-state index in [2.05, 4.69) is 20.6 Å². The minimum absolute atomic E-state index is 0. The summed E-state index contributed by atoms with van der Waals surface area (Å²) in [4.78, 5) is 9.73. The Morgan fingerprint density at radius 1 is 1.06 bits per heavy atom. The van der Waals surface area contributed by atoms with Crippen LogP contribution < -0.4 is 10.6 Å². The zero-order valence-corrected chi connectivity index (χ0v) is 20.5. The second-order valence-electron chi connectivity index (χ2n) is 7.54. The smallest absolute Gasteiger partial charge is 0.191 e. The highest BCUT2D eigenvalue weighted by atomic mass is 127. The van der Waals surface area contributed by atoms with Gasteiger partial charge in [-0.15, -0.1) is 24.0 Å². The molecule has 168 valence electrons. The highest BCUT2D eigenvalue weighted by Gasteiger charge is 2.07. The van der Waals surface area contributed by atoms with Crippen LogP contribution in [-0.4, -0.2) is 43.0 Å². The Kier molecular flexibility index (Phi) is 9.70. The topological polar surface area (TPSA) is 55.5 Å². The molecular weight excluding hydrogens is 511 g/mol. The van der Waals surface area contributed by atoms with Gasteiger partial charge in [-0.1, -0.05) is 6.07 Å². The monoisotopic (exact) mass is 541 g/mol. The van der Waals surface area contributed by atoms with E-state index in [1.807, 2.05) is 38.2 Å². The second kappa shape index (κ2) is 12.0. The summed E-state index contributed by atoms with van der Waals surface area (Å²) in [6.07, 6.45) is 2.65. The molecule has 5 nitrogen and oxygen atoms in total. The van der Waals surface area contributed by atoms with Gasteiger partial charge in [0, 0.05) is 42.3 Å². The van der Waals surface area contributed by atoms with Gasteiger partial charge in [0.05, 0.1) is 6.54 Å². The molecule has 2 aromatic carbocycles. The first-order valence-corrected chi connectivity index (χ1v) is 10.2. The molecular formula is C23H30F2IN5. The first kappa shape index (κ1) is 25.1. The van der Waals surface area contributed by atoms with Crippen molar-refractivity contribution in [1.82, 2.24) is 20.5 Å². The molecule has 0 atom stereocenters. The molecule has 3 N–H and O–H groups in total. The van der Waals surface area contributed by atoms with Crippen molar-refractivity contribution in [3.05, 3.63) is 70.9 Å². The first-order chi connectivity index (χ1) is 14.5. The third-order valence-electron chi connectivity index (χ3n) is 4.78. The van der Waals surface area contributed by atoms with Crippen LogP contribution in [0.4, 0.5) is 8.78 Å². The van der Waals surface area contributed by atoms with Crippen LogP contribution in [0, 0.1) is 11.6 Å². The summed E-state index contributed by atoms with van der Waals surface area (Å²) < 4.78 is 27.5. The molecule has 0 bridgehead atoms. The molecule has 3 rings (SSSR count).